The van der Waals surface area contributed by atoms with Crippen LogP contribution in [0.5, 0.6) is 0 Å². The number of fused-ring (bicyclic) bond motifs is 7. The van der Waals surface area contributed by atoms with Crippen LogP contribution in [0.1, 0.15) is 0 Å². The van der Waals surface area contributed by atoms with Gasteiger partial charge in [0.05, 0.1) is 21.4 Å². The van der Waals surface area contributed by atoms with Crippen molar-refractivity contribution in [2.45, 2.75) is 0 Å². The van der Waals surface area contributed by atoms with Gasteiger partial charge in [-0.05, 0) is 36.4 Å². The lowest BCUT2D eigenvalue weighted by Gasteiger charge is -2.08. The maximum absolute atomic E-state index is 6.79. The largest absolute Gasteiger partial charge is 0.454 e. The summed E-state index contributed by atoms with van der Waals surface area (Å²) in [5, 5.41) is 4.90. The van der Waals surface area contributed by atoms with Crippen molar-refractivity contribution in [1.82, 2.24) is 4.57 Å². The van der Waals surface area contributed by atoms with Gasteiger partial charge in [0.25, 0.3) is 0 Å². The van der Waals surface area contributed by atoms with Gasteiger partial charge in [-0.3, -0.25) is 0 Å². The molecule has 0 unspecified atom stereocenters. The molecule has 0 radical (unpaired) electrons. The normalized spacial score (nSPS) is 11.9. The van der Waals surface area contributed by atoms with Crippen LogP contribution < -0.4 is 0 Å². The van der Waals surface area contributed by atoms with Gasteiger partial charge in [0.1, 0.15) is 5.58 Å². The second kappa shape index (κ2) is 5.87. The van der Waals surface area contributed by atoms with Gasteiger partial charge in [-0.2, -0.15) is 0 Å². The van der Waals surface area contributed by atoms with Crippen LogP contribution in [0.3, 0.4) is 0 Å². The Hall–Kier alpha value is -2.75. The zero-order valence-corrected chi connectivity index (χ0v) is 17.0. The number of furan rings is 1. The molecule has 0 saturated carbocycles. The number of hydrogen-bond acceptors (Lipinski definition) is 1. The van der Waals surface area contributed by atoms with E-state index in [2.05, 4.69) is 75.1 Å². The summed E-state index contributed by atoms with van der Waals surface area (Å²) in [5.74, 6) is 0. The van der Waals surface area contributed by atoms with Gasteiger partial charge < -0.3 is 8.98 Å². The molecule has 28 heavy (non-hydrogen) atoms. The SMILES string of the molecule is Clc1cc2c3ccccc3n(-c3ccccc3)c2c2oc3cccc(Br)c3c12. The number of rotatable bonds is 1. The van der Waals surface area contributed by atoms with Gasteiger partial charge in [0.15, 0.2) is 5.58 Å². The Morgan fingerprint density at radius 1 is 0.786 bits per heavy atom. The highest BCUT2D eigenvalue weighted by Crippen LogP contribution is 2.45. The van der Waals surface area contributed by atoms with Crippen LogP contribution >= 0.6 is 27.5 Å². The third-order valence-corrected chi connectivity index (χ3v) is 6.28. The van der Waals surface area contributed by atoms with E-state index < -0.39 is 0 Å². The molecular weight excluding hydrogens is 434 g/mol. The minimum absolute atomic E-state index is 0.698. The number of hydrogen-bond donors (Lipinski definition) is 0. The molecule has 6 aromatic rings. The first kappa shape index (κ1) is 16.2. The van der Waals surface area contributed by atoms with E-state index in [0.29, 0.717) is 5.02 Å². The maximum atomic E-state index is 6.79. The summed E-state index contributed by atoms with van der Waals surface area (Å²) >= 11 is 10.5. The van der Waals surface area contributed by atoms with E-state index in [1.165, 1.54) is 0 Å². The molecule has 0 atom stereocenters. The zero-order chi connectivity index (χ0) is 18.8. The molecule has 2 nitrogen and oxygen atoms in total. The highest BCUT2D eigenvalue weighted by atomic mass is 79.9. The van der Waals surface area contributed by atoms with Crippen molar-refractivity contribution in [1.29, 1.82) is 0 Å². The smallest absolute Gasteiger partial charge is 0.161 e. The van der Waals surface area contributed by atoms with Crippen LogP contribution in [-0.4, -0.2) is 4.57 Å². The topological polar surface area (TPSA) is 18.1 Å². The quantitative estimate of drug-likeness (QED) is 0.249. The molecule has 0 fully saturated rings. The van der Waals surface area contributed by atoms with E-state index in [-0.39, 0.29) is 0 Å². The third kappa shape index (κ3) is 2.09. The first-order valence-electron chi connectivity index (χ1n) is 9.02. The fourth-order valence-corrected chi connectivity index (χ4v) is 5.02. The molecule has 2 aromatic heterocycles. The molecule has 0 saturated heterocycles. The Balaban J connectivity index is 1.95. The third-order valence-electron chi connectivity index (χ3n) is 5.32. The van der Waals surface area contributed by atoms with Crippen LogP contribution in [0, 0.1) is 0 Å². The summed E-state index contributed by atoms with van der Waals surface area (Å²) in [7, 11) is 0. The summed E-state index contributed by atoms with van der Waals surface area (Å²) in [6, 6.07) is 26.8. The molecule has 0 aliphatic heterocycles. The molecule has 0 bridgehead atoms. The number of aromatic nitrogens is 1. The Morgan fingerprint density at radius 3 is 2.43 bits per heavy atom. The molecule has 0 aliphatic rings. The lowest BCUT2D eigenvalue weighted by Crippen LogP contribution is -1.93. The lowest BCUT2D eigenvalue weighted by atomic mass is 10.1. The van der Waals surface area contributed by atoms with Crippen LogP contribution in [-0.2, 0) is 0 Å². The standard InChI is InChI=1S/C24H13BrClNO/c25-17-10-6-12-20-21(17)22-18(26)13-16-15-9-4-5-11-19(15)27(23(16)24(22)28-20)14-7-2-1-3-8-14/h1-13H. The van der Waals surface area contributed by atoms with Crippen molar-refractivity contribution in [2.75, 3.05) is 0 Å². The van der Waals surface area contributed by atoms with Crippen LogP contribution in [0.25, 0.3) is 49.4 Å². The monoisotopic (exact) mass is 445 g/mol. The van der Waals surface area contributed by atoms with Crippen molar-refractivity contribution >= 4 is 71.3 Å². The van der Waals surface area contributed by atoms with E-state index >= 15 is 0 Å². The van der Waals surface area contributed by atoms with E-state index in [9.17, 15) is 0 Å². The molecule has 134 valence electrons. The summed E-state index contributed by atoms with van der Waals surface area (Å²) in [4.78, 5) is 0. The number of para-hydroxylation sites is 2. The lowest BCUT2D eigenvalue weighted by molar-refractivity contribution is 0.671. The van der Waals surface area contributed by atoms with Gasteiger partial charge in [-0.1, -0.05) is 70.0 Å². The highest BCUT2D eigenvalue weighted by Gasteiger charge is 2.21. The molecule has 0 spiro atoms. The highest BCUT2D eigenvalue weighted by molar-refractivity contribution is 9.10. The minimum atomic E-state index is 0.698. The van der Waals surface area contributed by atoms with E-state index in [1.807, 2.05) is 24.3 Å². The molecule has 0 N–H and O–H groups in total. The molecular formula is C24H13BrClNO. The van der Waals surface area contributed by atoms with Gasteiger partial charge in [-0.25, -0.2) is 0 Å². The molecule has 0 amide bonds. The molecule has 4 heteroatoms. The first-order valence-corrected chi connectivity index (χ1v) is 10.2. The van der Waals surface area contributed by atoms with E-state index in [1.54, 1.807) is 0 Å². The fourth-order valence-electron chi connectivity index (χ4n) is 4.18. The average Bonchev–Trinajstić information content (AvgIpc) is 3.26. The van der Waals surface area contributed by atoms with Gasteiger partial charge in [0.2, 0.25) is 0 Å². The predicted molar refractivity (Wildman–Crippen MR) is 121 cm³/mol. The van der Waals surface area contributed by atoms with Crippen molar-refractivity contribution in [3.8, 4) is 5.69 Å². The van der Waals surface area contributed by atoms with E-state index in [4.69, 9.17) is 16.0 Å². The second-order valence-corrected chi connectivity index (χ2v) is 8.12. The van der Waals surface area contributed by atoms with Crippen LogP contribution in [0.4, 0.5) is 0 Å². The number of nitrogens with zero attached hydrogens (tertiary/aromatic N) is 1. The zero-order valence-electron chi connectivity index (χ0n) is 14.6. The van der Waals surface area contributed by atoms with Gasteiger partial charge in [-0.15, -0.1) is 0 Å². The molecule has 6 rings (SSSR count). The van der Waals surface area contributed by atoms with Crippen LogP contribution in [0.15, 0.2) is 87.8 Å². The average molecular weight is 447 g/mol. The Morgan fingerprint density at radius 2 is 1.57 bits per heavy atom. The predicted octanol–water partition coefficient (Wildman–Crippen LogP) is 8.10. The fraction of sp³-hybridized carbons (Fsp3) is 0. The minimum Gasteiger partial charge on any atom is -0.454 e. The molecule has 4 aromatic carbocycles. The Kier molecular flexibility index (Phi) is 3.40. The Bertz CT molecular complexity index is 1530. The first-order chi connectivity index (χ1) is 13.7. The van der Waals surface area contributed by atoms with Gasteiger partial charge in [0, 0.05) is 26.3 Å². The molecule has 0 aliphatic carbocycles. The van der Waals surface area contributed by atoms with Crippen LogP contribution in [0.2, 0.25) is 5.02 Å². The van der Waals surface area contributed by atoms with Crippen molar-refractivity contribution in [3.05, 3.63) is 88.4 Å². The van der Waals surface area contributed by atoms with E-state index in [0.717, 1.165) is 53.9 Å². The molecule has 2 heterocycles. The van der Waals surface area contributed by atoms with Gasteiger partial charge >= 0.3 is 0 Å². The van der Waals surface area contributed by atoms with Crippen molar-refractivity contribution in [3.63, 3.8) is 0 Å². The summed E-state index contributed by atoms with van der Waals surface area (Å²) in [6.45, 7) is 0. The Labute approximate surface area is 174 Å². The maximum Gasteiger partial charge on any atom is 0.161 e. The summed E-state index contributed by atoms with van der Waals surface area (Å²) < 4.78 is 9.63. The summed E-state index contributed by atoms with van der Waals surface area (Å²) in [5.41, 5.74) is 4.90. The summed E-state index contributed by atoms with van der Waals surface area (Å²) in [6.07, 6.45) is 0. The van der Waals surface area contributed by atoms with Crippen molar-refractivity contribution < 1.29 is 4.42 Å². The number of benzene rings is 4. The second-order valence-electron chi connectivity index (χ2n) is 6.86. The number of halogens is 2. The van der Waals surface area contributed by atoms with Crippen molar-refractivity contribution in [2.24, 2.45) is 0 Å².